The highest BCUT2D eigenvalue weighted by Gasteiger charge is 2.46. The first-order chi connectivity index (χ1) is 49.3. The van der Waals surface area contributed by atoms with Crippen LogP contribution in [0.15, 0.2) is 309 Å². The van der Waals surface area contributed by atoms with E-state index >= 15 is 0 Å². The van der Waals surface area contributed by atoms with Crippen LogP contribution in [-0.4, -0.2) is 15.8 Å². The van der Waals surface area contributed by atoms with Crippen LogP contribution in [0.4, 0.5) is 22.7 Å². The van der Waals surface area contributed by atoms with Crippen LogP contribution in [0.2, 0.25) is 0 Å². The molecule has 2 aliphatic rings. The third-order valence-corrected chi connectivity index (χ3v) is 21.5. The number of anilines is 3. The lowest BCUT2D eigenvalue weighted by Crippen LogP contribution is -2.62. The molecule has 6 heteroatoms. The molecule has 2 aliphatic heterocycles. The van der Waals surface area contributed by atoms with Gasteiger partial charge in [0.15, 0.2) is 5.69 Å². The van der Waals surface area contributed by atoms with Gasteiger partial charge in [0.25, 0.3) is 0 Å². The van der Waals surface area contributed by atoms with Crippen molar-refractivity contribution in [2.75, 3.05) is 4.90 Å². The van der Waals surface area contributed by atoms with Crippen LogP contribution in [-0.2, 0) is 10.8 Å². The fraction of sp³-hybridized carbons (Fsp3) is 0.0947. The summed E-state index contributed by atoms with van der Waals surface area (Å²) in [5.74, 6) is -0.435. The van der Waals surface area contributed by atoms with Gasteiger partial charge in [-0.3, -0.25) is 0 Å². The lowest BCUT2D eigenvalue weighted by Gasteiger charge is -2.45. The lowest BCUT2D eigenvalue weighted by molar-refractivity contribution is 0.590. The van der Waals surface area contributed by atoms with Gasteiger partial charge in [-0.15, -0.1) is 0 Å². The number of nitrogens with zero attached hydrogens (tertiary/aromatic N) is 5. The molecule has 4 heterocycles. The Morgan fingerprint density at radius 1 is 0.376 bits per heavy atom. The second-order valence-electron chi connectivity index (χ2n) is 29.3. The molecular weight excluding hydrogens is 1220 g/mol. The maximum absolute atomic E-state index is 11.3. The highest BCUT2D eigenvalue weighted by Crippen LogP contribution is 2.54. The second-order valence-corrected chi connectivity index (χ2v) is 29.3. The number of para-hydroxylation sites is 6. The van der Waals surface area contributed by atoms with E-state index in [0.29, 0.717) is 11.3 Å². The molecule has 14 aromatic carbocycles. The fourth-order valence-corrected chi connectivity index (χ4v) is 16.8. The maximum Gasteiger partial charge on any atom is 0.247 e. The first kappa shape index (κ1) is 60.9. The Kier molecular flexibility index (Phi) is 14.2. The highest BCUT2D eigenvalue weighted by molar-refractivity contribution is 6.99. The smallest absolute Gasteiger partial charge is 0.247 e. The largest absolute Gasteiger partial charge is 0.310 e. The number of aromatic nitrogens is 2. The van der Waals surface area contributed by atoms with Crippen LogP contribution in [0, 0.1) is 17.9 Å². The van der Waals surface area contributed by atoms with Crippen LogP contribution < -0.4 is 21.3 Å². The summed E-state index contributed by atoms with van der Waals surface area (Å²) in [6, 6.07) is 117. The zero-order valence-corrected chi connectivity index (χ0v) is 57.3. The van der Waals surface area contributed by atoms with Gasteiger partial charge in [0.1, 0.15) is 0 Å². The quantitative estimate of drug-likeness (QED) is 0.107. The molecule has 5 nitrogen and oxygen atoms in total. The summed E-state index contributed by atoms with van der Waals surface area (Å²) in [4.78, 5) is 6.91. The van der Waals surface area contributed by atoms with Crippen LogP contribution in [0.1, 0.15) is 80.8 Å². The molecular formula is C95H70BN5. The van der Waals surface area contributed by atoms with Gasteiger partial charge >= 0.3 is 0 Å². The second kappa shape index (κ2) is 23.6. The summed E-state index contributed by atoms with van der Waals surface area (Å²) in [5.41, 5.74) is 30.4. The lowest BCUT2D eigenvalue weighted by atomic mass is 9.31. The monoisotopic (exact) mass is 1290 g/mol. The summed E-state index contributed by atoms with van der Waals surface area (Å²) in [6.45, 7) is 22.2. The number of rotatable bonds is 9. The van der Waals surface area contributed by atoms with Crippen LogP contribution in [0.25, 0.3) is 115 Å². The minimum absolute atomic E-state index is 0.0782. The number of hydrogen-bond donors (Lipinski definition) is 0. The predicted molar refractivity (Wildman–Crippen MR) is 424 cm³/mol. The molecule has 478 valence electrons. The zero-order chi connectivity index (χ0) is 68.4. The number of benzene rings is 14. The van der Waals surface area contributed by atoms with Crippen molar-refractivity contribution in [3.05, 3.63) is 354 Å². The Bertz CT molecular complexity index is 5680. The van der Waals surface area contributed by atoms with Crippen LogP contribution >= 0.6 is 0 Å². The van der Waals surface area contributed by atoms with Crippen molar-refractivity contribution in [2.24, 2.45) is 0 Å². The van der Waals surface area contributed by atoms with E-state index in [1.807, 2.05) is 24.3 Å². The van der Waals surface area contributed by atoms with Crippen LogP contribution in [0.3, 0.4) is 0 Å². The average Bonchev–Trinajstić information content (AvgIpc) is 1.70. The van der Waals surface area contributed by atoms with Crippen molar-refractivity contribution in [1.82, 2.24) is 9.13 Å². The van der Waals surface area contributed by atoms with Gasteiger partial charge < -0.3 is 14.0 Å². The van der Waals surface area contributed by atoms with E-state index in [9.17, 15) is 5.26 Å². The molecule has 0 saturated heterocycles. The average molecular weight is 1290 g/mol. The third-order valence-electron chi connectivity index (χ3n) is 21.5. The summed E-state index contributed by atoms with van der Waals surface area (Å²) >= 11 is 0. The normalized spacial score (nSPS) is 13.3. The topological polar surface area (TPSA) is 41.2 Å². The summed E-state index contributed by atoms with van der Waals surface area (Å²) in [5, 5.41) is 16.1. The molecule has 0 fully saturated rings. The van der Waals surface area contributed by atoms with Crippen molar-refractivity contribution in [3.63, 3.8) is 0 Å². The highest BCUT2D eigenvalue weighted by atomic mass is 15.2. The van der Waals surface area contributed by atoms with E-state index in [1.165, 1.54) is 54.7 Å². The Morgan fingerprint density at radius 2 is 0.851 bits per heavy atom. The Labute approximate surface area is 590 Å². The van der Waals surface area contributed by atoms with Gasteiger partial charge in [0.05, 0.1) is 46.0 Å². The standard InChI is InChI=1S/C95H70BN5/c1-94(2,3)65-47-43-61(44-48-65)70-34-23-36-77(69-28-12-11-27-63(69)59-97)90(70)91-79-57-67(99-84-39-19-14-30-73(84)74-31-15-20-40-85(74)99)51-53-81(79)96-82-54-52-68(100-86-41-21-16-32-75(86)76-33-17-22-42-87(76)100)58-88(82)101(89-56-64(55-80(91)92(89)96)60-25-9-8-10-26-60)93-71(62-45-49-66(50-46-62)95(4,5)6)35-24-37-78(93)72-29-13-18-38-83(72)98-7/h8-58,91H,1-6H3. The molecule has 1 atom stereocenters. The minimum Gasteiger partial charge on any atom is -0.310 e. The minimum atomic E-state index is -0.435. The molecule has 0 amide bonds. The van der Waals surface area contributed by atoms with Crippen molar-refractivity contribution in [3.8, 4) is 73.1 Å². The van der Waals surface area contributed by atoms with E-state index < -0.39 is 5.92 Å². The van der Waals surface area contributed by atoms with Crippen LogP contribution in [0.5, 0.6) is 0 Å². The number of fused-ring (bicyclic) bond motifs is 10. The molecule has 2 aromatic heterocycles. The van der Waals surface area contributed by atoms with Crippen molar-refractivity contribution < 1.29 is 0 Å². The van der Waals surface area contributed by atoms with Gasteiger partial charge in [-0.25, -0.2) is 4.85 Å². The third kappa shape index (κ3) is 9.81. The summed E-state index contributed by atoms with van der Waals surface area (Å²) < 4.78 is 4.92. The molecule has 101 heavy (non-hydrogen) atoms. The van der Waals surface area contributed by atoms with Gasteiger partial charge in [-0.2, -0.15) is 5.26 Å². The van der Waals surface area contributed by atoms with Gasteiger partial charge in [-0.1, -0.05) is 296 Å². The SMILES string of the molecule is [C-]#[N+]c1ccccc1-c1cccc(-c2ccc(C(C)(C)C)cc2)c1N1c2cc(-n3c4ccccc4c4ccccc43)ccc2B2c3ccc(-n4c5ccccc5c5ccccc54)cc3C(c3c(-c4ccc(C(C)(C)C)cc4)cccc3-c3ccccc3C#N)c3cc(-c4ccccc4)cc1c32. The zero-order valence-electron chi connectivity index (χ0n) is 57.3. The number of hydrogen-bond acceptors (Lipinski definition) is 2. The number of nitriles is 1. The first-order valence-electron chi connectivity index (χ1n) is 35.1. The fourth-order valence-electron chi connectivity index (χ4n) is 16.8. The summed E-state index contributed by atoms with van der Waals surface area (Å²) in [7, 11) is 0. The summed E-state index contributed by atoms with van der Waals surface area (Å²) in [6.07, 6.45) is 0. The maximum atomic E-state index is 11.3. The Morgan fingerprint density at radius 3 is 1.43 bits per heavy atom. The molecule has 0 radical (unpaired) electrons. The predicted octanol–water partition coefficient (Wildman–Crippen LogP) is 23.0. The molecule has 16 aromatic rings. The molecule has 0 spiro atoms. The molecule has 1 unspecified atom stereocenters. The van der Waals surface area contributed by atoms with Gasteiger partial charge in [0, 0.05) is 55.8 Å². The van der Waals surface area contributed by atoms with Crippen molar-refractivity contribution >= 4 is 89.5 Å². The van der Waals surface area contributed by atoms with Gasteiger partial charge in [-0.05, 0) is 160 Å². The first-order valence-corrected chi connectivity index (χ1v) is 35.1. The van der Waals surface area contributed by atoms with E-state index in [1.54, 1.807) is 0 Å². The molecule has 0 saturated carbocycles. The molecule has 18 rings (SSSR count). The van der Waals surface area contributed by atoms with E-state index in [2.05, 4.69) is 352 Å². The van der Waals surface area contributed by atoms with E-state index in [0.717, 1.165) is 117 Å². The Balaban J connectivity index is 1.03. The Hall–Kier alpha value is -12.5. The van der Waals surface area contributed by atoms with E-state index in [4.69, 9.17) is 6.57 Å². The van der Waals surface area contributed by atoms with Crippen molar-refractivity contribution in [2.45, 2.75) is 58.3 Å². The van der Waals surface area contributed by atoms with E-state index in [-0.39, 0.29) is 17.5 Å². The molecule has 0 aliphatic carbocycles. The van der Waals surface area contributed by atoms with Crippen molar-refractivity contribution in [1.29, 1.82) is 5.26 Å². The molecule has 0 bridgehead atoms. The van der Waals surface area contributed by atoms with Gasteiger partial charge in [0.2, 0.25) is 6.71 Å². The molecule has 0 N–H and O–H groups in total.